The Balaban J connectivity index is 1.85. The number of nitriles is 1. The van der Waals surface area contributed by atoms with E-state index in [0.29, 0.717) is 22.5 Å². The molecule has 4 aromatic rings. The number of nitrogens with zero attached hydrogens (tertiary/aromatic N) is 5. The number of carbonyl (C=O) groups is 1. The van der Waals surface area contributed by atoms with Crippen molar-refractivity contribution >= 4 is 39.3 Å². The van der Waals surface area contributed by atoms with Crippen molar-refractivity contribution < 1.29 is 4.79 Å². The maximum absolute atomic E-state index is 11.7. The van der Waals surface area contributed by atoms with Crippen molar-refractivity contribution in [3.8, 4) is 6.07 Å². The van der Waals surface area contributed by atoms with Gasteiger partial charge in [0.05, 0.1) is 28.0 Å². The molecular weight excluding hydrogens is 352 g/mol. The molecule has 1 aromatic carbocycles. The van der Waals surface area contributed by atoms with Gasteiger partial charge in [-0.25, -0.2) is 4.98 Å². The van der Waals surface area contributed by atoms with Crippen molar-refractivity contribution in [3.63, 3.8) is 0 Å². The van der Waals surface area contributed by atoms with Crippen LogP contribution in [0.2, 0.25) is 5.02 Å². The maximum Gasteiger partial charge on any atom is 0.269 e. The molecule has 0 aliphatic carbocycles. The van der Waals surface area contributed by atoms with Crippen LogP contribution >= 0.6 is 11.6 Å². The van der Waals surface area contributed by atoms with Gasteiger partial charge in [0, 0.05) is 17.8 Å². The van der Waals surface area contributed by atoms with Gasteiger partial charge >= 0.3 is 0 Å². The minimum atomic E-state index is -0.701. The van der Waals surface area contributed by atoms with Gasteiger partial charge in [-0.2, -0.15) is 10.4 Å². The quantitative estimate of drug-likeness (QED) is 0.602. The topological polar surface area (TPSA) is 110 Å². The lowest BCUT2D eigenvalue weighted by molar-refractivity contribution is 0.0996. The van der Waals surface area contributed by atoms with Gasteiger partial charge in [-0.1, -0.05) is 17.7 Å². The van der Waals surface area contributed by atoms with Crippen LogP contribution in [0.25, 0.3) is 21.8 Å². The molecule has 3 heterocycles. The van der Waals surface area contributed by atoms with Crippen molar-refractivity contribution in [1.82, 2.24) is 19.7 Å². The smallest absolute Gasteiger partial charge is 0.269 e. The van der Waals surface area contributed by atoms with Crippen molar-refractivity contribution in [2.75, 3.05) is 0 Å². The Labute approximate surface area is 152 Å². The summed E-state index contributed by atoms with van der Waals surface area (Å²) in [6, 6.07) is 11.3. The molecule has 7 nitrogen and oxygen atoms in total. The first kappa shape index (κ1) is 16.0. The van der Waals surface area contributed by atoms with Gasteiger partial charge in [-0.15, -0.1) is 0 Å². The SMILES string of the molecule is N#Cc1nccc2c1c(C(N)=O)nn2Cc1ccc2ncc(Cl)cc2c1. The third-order valence-electron chi connectivity index (χ3n) is 4.05. The standard InChI is InChI=1S/C18H11ClN6O/c19-12-6-11-5-10(1-2-13(11)23-8-12)9-25-15-3-4-22-14(7-20)16(15)17(24-25)18(21)26/h1-6,8H,9H2,(H2,21,26). The number of pyridine rings is 2. The van der Waals surface area contributed by atoms with Crippen molar-refractivity contribution in [3.05, 3.63) is 64.7 Å². The molecule has 26 heavy (non-hydrogen) atoms. The van der Waals surface area contributed by atoms with E-state index in [0.717, 1.165) is 16.5 Å². The van der Waals surface area contributed by atoms with Gasteiger partial charge in [0.15, 0.2) is 11.4 Å². The number of amides is 1. The average molecular weight is 363 g/mol. The van der Waals surface area contributed by atoms with Crippen molar-refractivity contribution in [2.24, 2.45) is 5.73 Å². The molecule has 8 heteroatoms. The van der Waals surface area contributed by atoms with Crippen LogP contribution in [0.3, 0.4) is 0 Å². The Hall–Kier alpha value is -3.50. The van der Waals surface area contributed by atoms with Gasteiger partial charge in [-0.05, 0) is 29.8 Å². The minimum Gasteiger partial charge on any atom is -0.364 e. The number of rotatable bonds is 3. The van der Waals surface area contributed by atoms with Crippen LogP contribution in [0.4, 0.5) is 0 Å². The van der Waals surface area contributed by atoms with Gasteiger partial charge in [0.2, 0.25) is 0 Å². The highest BCUT2D eigenvalue weighted by Gasteiger charge is 2.19. The average Bonchev–Trinajstić information content (AvgIpc) is 3.00. The second-order valence-corrected chi connectivity index (χ2v) is 6.15. The molecule has 0 spiro atoms. The van der Waals surface area contributed by atoms with E-state index in [4.69, 9.17) is 17.3 Å². The number of hydrogen-bond acceptors (Lipinski definition) is 5. The van der Waals surface area contributed by atoms with E-state index in [1.54, 1.807) is 16.9 Å². The summed E-state index contributed by atoms with van der Waals surface area (Å²) < 4.78 is 1.64. The highest BCUT2D eigenvalue weighted by atomic mass is 35.5. The lowest BCUT2D eigenvalue weighted by atomic mass is 10.1. The molecule has 0 bridgehead atoms. The highest BCUT2D eigenvalue weighted by molar-refractivity contribution is 6.31. The van der Waals surface area contributed by atoms with E-state index in [2.05, 4.69) is 15.1 Å². The third-order valence-corrected chi connectivity index (χ3v) is 4.26. The monoisotopic (exact) mass is 362 g/mol. The fourth-order valence-corrected chi connectivity index (χ4v) is 3.09. The number of hydrogen-bond donors (Lipinski definition) is 1. The maximum atomic E-state index is 11.7. The second kappa shape index (κ2) is 6.10. The summed E-state index contributed by atoms with van der Waals surface area (Å²) >= 11 is 6.01. The Morgan fingerprint density at radius 2 is 2.12 bits per heavy atom. The largest absolute Gasteiger partial charge is 0.364 e. The summed E-state index contributed by atoms with van der Waals surface area (Å²) in [4.78, 5) is 20.0. The van der Waals surface area contributed by atoms with E-state index in [-0.39, 0.29) is 11.4 Å². The molecule has 126 valence electrons. The predicted octanol–water partition coefficient (Wildman–Crippen LogP) is 2.65. The Kier molecular flexibility index (Phi) is 3.75. The first-order chi connectivity index (χ1) is 12.6. The summed E-state index contributed by atoms with van der Waals surface area (Å²) in [6.07, 6.45) is 3.11. The molecule has 0 radical (unpaired) electrons. The molecular formula is C18H11ClN6O. The molecule has 0 fully saturated rings. The fraction of sp³-hybridized carbons (Fsp3) is 0.0556. The number of primary amides is 1. The minimum absolute atomic E-state index is 0.0372. The molecule has 0 aliphatic heterocycles. The number of fused-ring (bicyclic) bond motifs is 2. The summed E-state index contributed by atoms with van der Waals surface area (Å²) in [5.41, 5.74) is 7.98. The molecule has 0 aliphatic rings. The lowest BCUT2D eigenvalue weighted by Crippen LogP contribution is -2.13. The zero-order chi connectivity index (χ0) is 18.3. The zero-order valence-corrected chi connectivity index (χ0v) is 14.1. The van der Waals surface area contributed by atoms with Gasteiger partial charge < -0.3 is 5.73 Å². The van der Waals surface area contributed by atoms with Gasteiger partial charge in [-0.3, -0.25) is 14.5 Å². The Bertz CT molecular complexity index is 1220. The summed E-state index contributed by atoms with van der Waals surface area (Å²) in [6.45, 7) is 0.390. The van der Waals surface area contributed by atoms with Gasteiger partial charge in [0.25, 0.3) is 5.91 Å². The molecule has 0 atom stereocenters. The van der Waals surface area contributed by atoms with E-state index < -0.39 is 5.91 Å². The first-order valence-electron chi connectivity index (χ1n) is 7.66. The predicted molar refractivity (Wildman–Crippen MR) is 96.6 cm³/mol. The molecule has 4 rings (SSSR count). The van der Waals surface area contributed by atoms with Crippen LogP contribution < -0.4 is 5.73 Å². The van der Waals surface area contributed by atoms with E-state index in [9.17, 15) is 10.1 Å². The highest BCUT2D eigenvalue weighted by Crippen LogP contribution is 2.23. The zero-order valence-electron chi connectivity index (χ0n) is 13.3. The Morgan fingerprint density at radius 3 is 2.88 bits per heavy atom. The van der Waals surface area contributed by atoms with Crippen LogP contribution in [0.15, 0.2) is 42.7 Å². The number of nitrogens with two attached hydrogens (primary N) is 1. The normalized spacial score (nSPS) is 10.9. The van der Waals surface area contributed by atoms with E-state index in [1.807, 2.05) is 30.3 Å². The second-order valence-electron chi connectivity index (χ2n) is 5.72. The molecule has 0 saturated carbocycles. The van der Waals surface area contributed by atoms with Gasteiger partial charge in [0.1, 0.15) is 6.07 Å². The lowest BCUT2D eigenvalue weighted by Gasteiger charge is -2.06. The number of benzene rings is 1. The van der Waals surface area contributed by atoms with Crippen LogP contribution in [-0.2, 0) is 6.54 Å². The molecule has 0 saturated heterocycles. The third kappa shape index (κ3) is 2.62. The summed E-state index contributed by atoms with van der Waals surface area (Å²) in [5.74, 6) is -0.701. The molecule has 3 aromatic heterocycles. The Morgan fingerprint density at radius 1 is 1.27 bits per heavy atom. The molecule has 2 N–H and O–H groups in total. The first-order valence-corrected chi connectivity index (χ1v) is 8.04. The van der Waals surface area contributed by atoms with Crippen molar-refractivity contribution in [2.45, 2.75) is 6.54 Å². The number of halogens is 1. The summed E-state index contributed by atoms with van der Waals surface area (Å²) in [7, 11) is 0. The van der Waals surface area contributed by atoms with E-state index in [1.165, 1.54) is 6.20 Å². The molecule has 0 unspecified atom stereocenters. The summed E-state index contributed by atoms with van der Waals surface area (Å²) in [5, 5.41) is 15.4. The molecule has 1 amide bonds. The number of carbonyl (C=O) groups excluding carboxylic acids is 1. The van der Waals surface area contributed by atoms with Crippen molar-refractivity contribution in [1.29, 1.82) is 5.26 Å². The van der Waals surface area contributed by atoms with Crippen LogP contribution in [0.5, 0.6) is 0 Å². The van der Waals surface area contributed by atoms with Crippen LogP contribution in [-0.4, -0.2) is 25.7 Å². The fourth-order valence-electron chi connectivity index (χ4n) is 2.93. The van der Waals surface area contributed by atoms with Crippen LogP contribution in [0.1, 0.15) is 21.7 Å². The van der Waals surface area contributed by atoms with E-state index >= 15 is 0 Å². The number of aromatic nitrogens is 4. The van der Waals surface area contributed by atoms with Crippen LogP contribution in [0, 0.1) is 11.3 Å².